The Morgan fingerprint density at radius 1 is 1.14 bits per heavy atom. The van der Waals surface area contributed by atoms with Gasteiger partial charge in [0.15, 0.2) is 0 Å². The number of nitrogens with one attached hydrogen (secondary N) is 1. The SMILES string of the molecule is Cc1ccccc1CC(=O)NCCSc1ccc(Cl)cc1. The molecule has 0 bridgehead atoms. The third kappa shape index (κ3) is 5.44. The second kappa shape index (κ2) is 8.11. The number of carbonyl (C=O) groups is 1. The van der Waals surface area contributed by atoms with Crippen molar-refractivity contribution in [2.75, 3.05) is 12.3 Å². The van der Waals surface area contributed by atoms with Crippen molar-refractivity contribution >= 4 is 29.3 Å². The van der Waals surface area contributed by atoms with E-state index in [4.69, 9.17) is 11.6 Å². The van der Waals surface area contributed by atoms with E-state index >= 15 is 0 Å². The molecule has 21 heavy (non-hydrogen) atoms. The topological polar surface area (TPSA) is 29.1 Å². The third-order valence-corrected chi connectivity index (χ3v) is 4.38. The monoisotopic (exact) mass is 319 g/mol. The number of halogens is 1. The molecule has 0 fully saturated rings. The van der Waals surface area contributed by atoms with Gasteiger partial charge in [-0.15, -0.1) is 11.8 Å². The Balaban J connectivity index is 1.70. The highest BCUT2D eigenvalue weighted by Crippen LogP contribution is 2.19. The molecule has 0 aromatic heterocycles. The molecule has 0 heterocycles. The molecular weight excluding hydrogens is 302 g/mol. The van der Waals surface area contributed by atoms with E-state index in [1.165, 1.54) is 0 Å². The molecule has 0 aliphatic rings. The van der Waals surface area contributed by atoms with Crippen molar-refractivity contribution in [2.24, 2.45) is 0 Å². The molecule has 1 N–H and O–H groups in total. The molecule has 2 nitrogen and oxygen atoms in total. The smallest absolute Gasteiger partial charge is 0.224 e. The molecule has 2 aromatic rings. The van der Waals surface area contributed by atoms with E-state index in [1.54, 1.807) is 11.8 Å². The van der Waals surface area contributed by atoms with Gasteiger partial charge in [-0.1, -0.05) is 35.9 Å². The van der Waals surface area contributed by atoms with Gasteiger partial charge >= 0.3 is 0 Å². The minimum absolute atomic E-state index is 0.0704. The van der Waals surface area contributed by atoms with Crippen LogP contribution in [0.1, 0.15) is 11.1 Å². The number of amides is 1. The number of hydrogen-bond acceptors (Lipinski definition) is 2. The molecule has 4 heteroatoms. The molecule has 0 atom stereocenters. The van der Waals surface area contributed by atoms with E-state index in [9.17, 15) is 4.79 Å². The predicted octanol–water partition coefficient (Wildman–Crippen LogP) is 4.10. The van der Waals surface area contributed by atoms with Gasteiger partial charge in [-0.25, -0.2) is 0 Å². The minimum atomic E-state index is 0.0704. The van der Waals surface area contributed by atoms with Crippen LogP contribution >= 0.6 is 23.4 Å². The van der Waals surface area contributed by atoms with E-state index in [2.05, 4.69) is 5.32 Å². The van der Waals surface area contributed by atoms with Crippen LogP contribution in [-0.2, 0) is 11.2 Å². The number of aryl methyl sites for hydroxylation is 1. The first kappa shape index (κ1) is 15.9. The van der Waals surface area contributed by atoms with Crippen LogP contribution < -0.4 is 5.32 Å². The van der Waals surface area contributed by atoms with Gasteiger partial charge in [-0.05, 0) is 42.3 Å². The first-order valence-corrected chi connectivity index (χ1v) is 8.21. The number of benzene rings is 2. The molecule has 2 aromatic carbocycles. The van der Waals surface area contributed by atoms with E-state index in [0.717, 1.165) is 26.8 Å². The lowest BCUT2D eigenvalue weighted by atomic mass is 10.1. The molecule has 0 radical (unpaired) electrons. The molecule has 0 unspecified atom stereocenters. The van der Waals surface area contributed by atoms with E-state index in [1.807, 2.05) is 55.5 Å². The summed E-state index contributed by atoms with van der Waals surface area (Å²) in [7, 11) is 0. The van der Waals surface area contributed by atoms with Crippen molar-refractivity contribution in [3.63, 3.8) is 0 Å². The summed E-state index contributed by atoms with van der Waals surface area (Å²) in [5.74, 6) is 0.919. The van der Waals surface area contributed by atoms with Crippen molar-refractivity contribution in [1.29, 1.82) is 0 Å². The number of hydrogen-bond donors (Lipinski definition) is 1. The summed E-state index contributed by atoms with van der Waals surface area (Å²) in [6, 6.07) is 15.7. The quantitative estimate of drug-likeness (QED) is 0.641. The van der Waals surface area contributed by atoms with Gasteiger partial charge in [0.05, 0.1) is 6.42 Å². The fourth-order valence-electron chi connectivity index (χ4n) is 1.93. The fourth-order valence-corrected chi connectivity index (χ4v) is 2.83. The van der Waals surface area contributed by atoms with Gasteiger partial charge in [0.1, 0.15) is 0 Å². The van der Waals surface area contributed by atoms with Crippen molar-refractivity contribution < 1.29 is 4.79 Å². The fraction of sp³-hybridized carbons (Fsp3) is 0.235. The van der Waals surface area contributed by atoms with Crippen molar-refractivity contribution in [3.8, 4) is 0 Å². The van der Waals surface area contributed by atoms with Crippen molar-refractivity contribution in [1.82, 2.24) is 5.32 Å². The lowest BCUT2D eigenvalue weighted by Crippen LogP contribution is -2.27. The highest BCUT2D eigenvalue weighted by Gasteiger charge is 2.04. The lowest BCUT2D eigenvalue weighted by molar-refractivity contribution is -0.120. The Morgan fingerprint density at radius 3 is 2.57 bits per heavy atom. The number of rotatable bonds is 6. The summed E-state index contributed by atoms with van der Waals surface area (Å²) in [4.78, 5) is 13.0. The van der Waals surface area contributed by atoms with Crippen LogP contribution in [0.2, 0.25) is 5.02 Å². The van der Waals surface area contributed by atoms with Crippen LogP contribution in [0.25, 0.3) is 0 Å². The Morgan fingerprint density at radius 2 is 1.86 bits per heavy atom. The van der Waals surface area contributed by atoms with Gasteiger partial charge in [-0.2, -0.15) is 0 Å². The maximum atomic E-state index is 11.9. The zero-order chi connectivity index (χ0) is 15.1. The van der Waals surface area contributed by atoms with Crippen LogP contribution in [0.15, 0.2) is 53.4 Å². The first-order valence-electron chi connectivity index (χ1n) is 6.85. The largest absolute Gasteiger partial charge is 0.355 e. The summed E-state index contributed by atoms with van der Waals surface area (Å²) in [5, 5.41) is 3.70. The van der Waals surface area contributed by atoms with Gasteiger partial charge in [0, 0.05) is 22.2 Å². The standard InChI is InChI=1S/C17H18ClNOS/c1-13-4-2-3-5-14(13)12-17(20)19-10-11-21-16-8-6-15(18)7-9-16/h2-9H,10-12H2,1H3,(H,19,20). The summed E-state index contributed by atoms with van der Waals surface area (Å²) in [5.41, 5.74) is 2.24. The molecule has 110 valence electrons. The molecule has 0 aliphatic heterocycles. The highest BCUT2D eigenvalue weighted by atomic mass is 35.5. The number of thioether (sulfide) groups is 1. The van der Waals surface area contributed by atoms with Crippen LogP contribution in [0, 0.1) is 6.92 Å². The van der Waals surface area contributed by atoms with E-state index < -0.39 is 0 Å². The molecule has 1 amide bonds. The molecule has 0 saturated carbocycles. The van der Waals surface area contributed by atoms with E-state index in [-0.39, 0.29) is 5.91 Å². The Kier molecular flexibility index (Phi) is 6.15. The molecule has 0 saturated heterocycles. The number of carbonyl (C=O) groups excluding carboxylic acids is 1. The van der Waals surface area contributed by atoms with Gasteiger partial charge in [-0.3, -0.25) is 4.79 Å². The normalized spacial score (nSPS) is 10.4. The maximum Gasteiger partial charge on any atom is 0.224 e. The minimum Gasteiger partial charge on any atom is -0.355 e. The molecule has 0 aliphatic carbocycles. The zero-order valence-corrected chi connectivity index (χ0v) is 13.5. The average Bonchev–Trinajstić information content (AvgIpc) is 2.48. The van der Waals surface area contributed by atoms with Gasteiger partial charge in [0.2, 0.25) is 5.91 Å². The lowest BCUT2D eigenvalue weighted by Gasteiger charge is -2.07. The molecule has 0 spiro atoms. The second-order valence-corrected chi connectivity index (χ2v) is 6.36. The van der Waals surface area contributed by atoms with E-state index in [0.29, 0.717) is 13.0 Å². The van der Waals surface area contributed by atoms with Crippen LogP contribution in [0.5, 0.6) is 0 Å². The summed E-state index contributed by atoms with van der Waals surface area (Å²) in [6.45, 7) is 2.69. The third-order valence-electron chi connectivity index (χ3n) is 3.12. The average molecular weight is 320 g/mol. The maximum absolute atomic E-state index is 11.9. The Bertz CT molecular complexity index is 598. The van der Waals surface area contributed by atoms with Crippen LogP contribution in [-0.4, -0.2) is 18.2 Å². The highest BCUT2D eigenvalue weighted by molar-refractivity contribution is 7.99. The first-order chi connectivity index (χ1) is 10.1. The van der Waals surface area contributed by atoms with Crippen LogP contribution in [0.3, 0.4) is 0 Å². The molecular formula is C17H18ClNOS. The van der Waals surface area contributed by atoms with Crippen LogP contribution in [0.4, 0.5) is 0 Å². The zero-order valence-electron chi connectivity index (χ0n) is 11.9. The predicted molar refractivity (Wildman–Crippen MR) is 90.1 cm³/mol. The second-order valence-electron chi connectivity index (χ2n) is 4.76. The summed E-state index contributed by atoms with van der Waals surface area (Å²) < 4.78 is 0. The van der Waals surface area contributed by atoms with Gasteiger partial charge in [0.25, 0.3) is 0 Å². The molecule has 2 rings (SSSR count). The summed E-state index contributed by atoms with van der Waals surface area (Å²) in [6.07, 6.45) is 0.443. The van der Waals surface area contributed by atoms with Gasteiger partial charge < -0.3 is 5.32 Å². The summed E-state index contributed by atoms with van der Waals surface area (Å²) >= 11 is 7.55. The van der Waals surface area contributed by atoms with Crippen molar-refractivity contribution in [2.45, 2.75) is 18.2 Å². The Hall–Kier alpha value is -1.45. The van der Waals surface area contributed by atoms with Crippen molar-refractivity contribution in [3.05, 3.63) is 64.7 Å². The Labute approximate surface area is 134 Å².